The third-order valence-electron chi connectivity index (χ3n) is 4.67. The summed E-state index contributed by atoms with van der Waals surface area (Å²) in [7, 11) is 0. The largest absolute Gasteiger partial charge is 0.508 e. The number of carbonyl (C=O) groups is 1. The maximum Gasteiger partial charge on any atom is 0.307 e. The molecule has 3 rings (SSSR count). The number of aromatic nitrogens is 1. The van der Waals surface area contributed by atoms with Crippen molar-refractivity contribution in [2.24, 2.45) is 5.92 Å². The zero-order valence-electron chi connectivity index (χ0n) is 13.3. The van der Waals surface area contributed by atoms with Crippen molar-refractivity contribution in [3.8, 4) is 5.75 Å². The fourth-order valence-electron chi connectivity index (χ4n) is 3.46. The van der Waals surface area contributed by atoms with Crippen molar-refractivity contribution in [3.63, 3.8) is 0 Å². The topological polar surface area (TPSA) is 73.7 Å². The van der Waals surface area contributed by atoms with Gasteiger partial charge >= 0.3 is 5.97 Å². The molecule has 5 nitrogen and oxygen atoms in total. The number of phenolic OH excluding ortho intramolecular Hbond substituents is 1. The molecule has 0 aliphatic carbocycles. The number of pyridine rings is 1. The van der Waals surface area contributed by atoms with E-state index in [9.17, 15) is 15.0 Å². The number of phenols is 1. The van der Waals surface area contributed by atoms with Gasteiger partial charge in [0.1, 0.15) is 5.75 Å². The molecule has 0 saturated carbocycles. The van der Waals surface area contributed by atoms with Crippen LogP contribution < -0.4 is 0 Å². The Labute approximate surface area is 135 Å². The second-order valence-corrected chi connectivity index (χ2v) is 6.21. The number of benzene rings is 1. The number of nitrogens with zero attached hydrogens (tertiary/aromatic N) is 2. The van der Waals surface area contributed by atoms with Gasteiger partial charge in [0.15, 0.2) is 0 Å². The predicted octanol–water partition coefficient (Wildman–Crippen LogP) is 3.19. The number of likely N-dealkylation sites (tertiary alicyclic amines) is 1. The standard InChI is InChI=1S/C18H22N2O3/c1-2-17(20-9-3-4-13(11-20)18(22)23)16-7-5-12-10-14(21)6-8-15(12)19-16/h5-8,10,13,17,21H,2-4,9,11H2,1H3,(H,22,23). The van der Waals surface area contributed by atoms with Crippen LogP contribution >= 0.6 is 0 Å². The molecule has 1 aromatic carbocycles. The molecular formula is C18H22N2O3. The van der Waals surface area contributed by atoms with Crippen molar-refractivity contribution in [3.05, 3.63) is 36.0 Å². The average molecular weight is 314 g/mol. The summed E-state index contributed by atoms with van der Waals surface area (Å²) in [5.41, 5.74) is 1.82. The van der Waals surface area contributed by atoms with Crippen LogP contribution in [0.5, 0.6) is 5.75 Å². The predicted molar refractivity (Wildman–Crippen MR) is 88.4 cm³/mol. The number of piperidine rings is 1. The van der Waals surface area contributed by atoms with Crippen molar-refractivity contribution in [2.75, 3.05) is 13.1 Å². The first-order valence-electron chi connectivity index (χ1n) is 8.15. The second-order valence-electron chi connectivity index (χ2n) is 6.21. The van der Waals surface area contributed by atoms with Gasteiger partial charge in [-0.05, 0) is 50.1 Å². The van der Waals surface area contributed by atoms with Crippen LogP contribution in [0.25, 0.3) is 10.9 Å². The highest BCUT2D eigenvalue weighted by Gasteiger charge is 2.30. The van der Waals surface area contributed by atoms with E-state index in [1.807, 2.05) is 18.2 Å². The molecule has 1 saturated heterocycles. The Morgan fingerprint density at radius 1 is 1.39 bits per heavy atom. The maximum atomic E-state index is 11.3. The molecular weight excluding hydrogens is 292 g/mol. The smallest absolute Gasteiger partial charge is 0.307 e. The lowest BCUT2D eigenvalue weighted by Gasteiger charge is -2.36. The molecule has 2 atom stereocenters. The van der Waals surface area contributed by atoms with E-state index in [1.54, 1.807) is 12.1 Å². The molecule has 1 aromatic heterocycles. The molecule has 5 heteroatoms. The summed E-state index contributed by atoms with van der Waals surface area (Å²) >= 11 is 0. The van der Waals surface area contributed by atoms with Gasteiger partial charge in [-0.3, -0.25) is 14.7 Å². The molecule has 122 valence electrons. The Hall–Kier alpha value is -2.14. The zero-order chi connectivity index (χ0) is 16.4. The molecule has 0 spiro atoms. The van der Waals surface area contributed by atoms with E-state index in [0.717, 1.165) is 42.4 Å². The van der Waals surface area contributed by atoms with Crippen LogP contribution in [0, 0.1) is 5.92 Å². The van der Waals surface area contributed by atoms with Crippen molar-refractivity contribution in [1.29, 1.82) is 0 Å². The molecule has 2 aromatic rings. The van der Waals surface area contributed by atoms with Crippen LogP contribution in [-0.2, 0) is 4.79 Å². The zero-order valence-corrected chi connectivity index (χ0v) is 13.3. The van der Waals surface area contributed by atoms with Gasteiger partial charge in [0.05, 0.1) is 23.2 Å². The number of hydrogen-bond acceptors (Lipinski definition) is 4. The van der Waals surface area contributed by atoms with Gasteiger partial charge in [0.25, 0.3) is 0 Å². The summed E-state index contributed by atoms with van der Waals surface area (Å²) in [5, 5.41) is 19.7. The fraction of sp³-hybridized carbons (Fsp3) is 0.444. The molecule has 2 unspecified atom stereocenters. The lowest BCUT2D eigenvalue weighted by atomic mass is 9.95. The van der Waals surface area contributed by atoms with Gasteiger partial charge in [0.2, 0.25) is 0 Å². The van der Waals surface area contributed by atoms with E-state index in [0.29, 0.717) is 6.54 Å². The number of aliphatic carboxylic acids is 1. The molecule has 1 aliphatic heterocycles. The Bertz CT molecular complexity index is 716. The Kier molecular flexibility index (Phi) is 4.48. The molecule has 2 N–H and O–H groups in total. The molecule has 1 fully saturated rings. The van der Waals surface area contributed by atoms with Gasteiger partial charge in [0, 0.05) is 11.9 Å². The molecule has 1 aliphatic rings. The Morgan fingerprint density at radius 2 is 2.22 bits per heavy atom. The lowest BCUT2D eigenvalue weighted by molar-refractivity contribution is -0.144. The van der Waals surface area contributed by atoms with Gasteiger partial charge in [-0.25, -0.2) is 0 Å². The lowest BCUT2D eigenvalue weighted by Crippen LogP contribution is -2.41. The van der Waals surface area contributed by atoms with Crippen LogP contribution in [0.2, 0.25) is 0 Å². The van der Waals surface area contributed by atoms with E-state index in [1.165, 1.54) is 0 Å². The quantitative estimate of drug-likeness (QED) is 0.906. The second kappa shape index (κ2) is 6.54. The summed E-state index contributed by atoms with van der Waals surface area (Å²) in [6, 6.07) is 9.25. The monoisotopic (exact) mass is 314 g/mol. The van der Waals surface area contributed by atoms with Crippen molar-refractivity contribution >= 4 is 16.9 Å². The highest BCUT2D eigenvalue weighted by molar-refractivity contribution is 5.80. The minimum Gasteiger partial charge on any atom is -0.508 e. The summed E-state index contributed by atoms with van der Waals surface area (Å²) < 4.78 is 0. The molecule has 2 heterocycles. The first kappa shape index (κ1) is 15.7. The van der Waals surface area contributed by atoms with E-state index in [4.69, 9.17) is 4.98 Å². The van der Waals surface area contributed by atoms with E-state index in [-0.39, 0.29) is 17.7 Å². The summed E-state index contributed by atoms with van der Waals surface area (Å²) in [4.78, 5) is 18.3. The van der Waals surface area contributed by atoms with Gasteiger partial charge in [-0.1, -0.05) is 13.0 Å². The van der Waals surface area contributed by atoms with Crippen LogP contribution in [0.15, 0.2) is 30.3 Å². The van der Waals surface area contributed by atoms with Crippen LogP contribution in [-0.4, -0.2) is 39.2 Å². The first-order valence-corrected chi connectivity index (χ1v) is 8.15. The molecule has 0 bridgehead atoms. The van der Waals surface area contributed by atoms with E-state index >= 15 is 0 Å². The number of rotatable bonds is 4. The van der Waals surface area contributed by atoms with Gasteiger partial charge in [-0.2, -0.15) is 0 Å². The number of fused-ring (bicyclic) bond motifs is 1. The SMILES string of the molecule is CCC(c1ccc2cc(O)ccc2n1)N1CCCC(C(=O)O)C1. The van der Waals surface area contributed by atoms with Gasteiger partial charge < -0.3 is 10.2 Å². The highest BCUT2D eigenvalue weighted by Crippen LogP contribution is 2.30. The van der Waals surface area contributed by atoms with Crippen LogP contribution in [0.1, 0.15) is 37.9 Å². The molecule has 0 amide bonds. The number of carboxylic acid groups (broad SMARTS) is 1. The van der Waals surface area contributed by atoms with Gasteiger partial charge in [-0.15, -0.1) is 0 Å². The number of aromatic hydroxyl groups is 1. The van der Waals surface area contributed by atoms with Crippen LogP contribution in [0.3, 0.4) is 0 Å². The minimum atomic E-state index is -0.702. The van der Waals surface area contributed by atoms with Crippen molar-refractivity contribution in [2.45, 2.75) is 32.2 Å². The summed E-state index contributed by atoms with van der Waals surface area (Å²) in [5.74, 6) is -0.749. The summed E-state index contributed by atoms with van der Waals surface area (Å²) in [6.45, 7) is 3.61. The third-order valence-corrected chi connectivity index (χ3v) is 4.67. The van der Waals surface area contributed by atoms with Crippen LogP contribution in [0.4, 0.5) is 0 Å². The normalized spacial score (nSPS) is 20.5. The van der Waals surface area contributed by atoms with Crippen molar-refractivity contribution in [1.82, 2.24) is 9.88 Å². The van der Waals surface area contributed by atoms with Crippen molar-refractivity contribution < 1.29 is 15.0 Å². The van der Waals surface area contributed by atoms with E-state index in [2.05, 4.69) is 11.8 Å². The number of carboxylic acids is 1. The first-order chi connectivity index (χ1) is 11.1. The molecule has 23 heavy (non-hydrogen) atoms. The number of hydrogen-bond donors (Lipinski definition) is 2. The fourth-order valence-corrected chi connectivity index (χ4v) is 3.46. The average Bonchev–Trinajstić information content (AvgIpc) is 2.56. The van der Waals surface area contributed by atoms with E-state index < -0.39 is 5.97 Å². The summed E-state index contributed by atoms with van der Waals surface area (Å²) in [6.07, 6.45) is 2.56. The Morgan fingerprint density at radius 3 is 2.96 bits per heavy atom. The Balaban J connectivity index is 1.88. The third kappa shape index (κ3) is 3.29. The molecule has 0 radical (unpaired) electrons. The minimum absolute atomic E-state index is 0.135. The maximum absolute atomic E-state index is 11.3. The highest BCUT2D eigenvalue weighted by atomic mass is 16.4.